The maximum absolute atomic E-state index is 11.5. The lowest BCUT2D eigenvalue weighted by Gasteiger charge is -2.48. The van der Waals surface area contributed by atoms with Gasteiger partial charge in [0.05, 0.1) is 0 Å². The number of hydrogen-bond acceptors (Lipinski definition) is 1. The summed E-state index contributed by atoms with van der Waals surface area (Å²) in [7, 11) is 0. The molecule has 2 aliphatic rings. The molecule has 15 heavy (non-hydrogen) atoms. The highest BCUT2D eigenvalue weighted by atomic mass is 35.5. The Labute approximate surface area is 96.8 Å². The predicted molar refractivity (Wildman–Crippen MR) is 61.9 cm³/mol. The van der Waals surface area contributed by atoms with Crippen LogP contribution in [0.15, 0.2) is 0 Å². The molecule has 2 nitrogen and oxygen atoms in total. The highest BCUT2D eigenvalue weighted by Gasteiger charge is 2.60. The topological polar surface area (TPSA) is 29.1 Å². The Balaban J connectivity index is 2.23. The Morgan fingerprint density at radius 3 is 2.40 bits per heavy atom. The minimum atomic E-state index is -0.0537. The number of carbonyl (C=O) groups excluding carboxylic acids is 1. The van der Waals surface area contributed by atoms with E-state index >= 15 is 0 Å². The van der Waals surface area contributed by atoms with Crippen LogP contribution >= 0.6 is 11.6 Å². The van der Waals surface area contributed by atoms with Crippen LogP contribution in [0.25, 0.3) is 0 Å². The molecule has 0 aromatic rings. The third-order valence-corrected chi connectivity index (χ3v) is 5.37. The van der Waals surface area contributed by atoms with Crippen LogP contribution in [0.1, 0.15) is 40.0 Å². The average molecular weight is 230 g/mol. The first-order valence-corrected chi connectivity index (χ1v) is 6.32. The van der Waals surface area contributed by atoms with E-state index in [9.17, 15) is 4.79 Å². The van der Waals surface area contributed by atoms with Gasteiger partial charge in [0, 0.05) is 5.54 Å². The number of halogens is 1. The second-order valence-corrected chi connectivity index (χ2v) is 6.08. The zero-order valence-corrected chi connectivity index (χ0v) is 10.5. The summed E-state index contributed by atoms with van der Waals surface area (Å²) in [6.45, 7) is 6.76. The lowest BCUT2D eigenvalue weighted by molar-refractivity contribution is -0.123. The van der Waals surface area contributed by atoms with Gasteiger partial charge in [-0.3, -0.25) is 4.79 Å². The molecular weight excluding hydrogens is 210 g/mol. The van der Waals surface area contributed by atoms with Gasteiger partial charge < -0.3 is 5.32 Å². The predicted octanol–water partition coefficient (Wildman–Crippen LogP) is 2.56. The molecule has 2 rings (SSSR count). The van der Waals surface area contributed by atoms with Gasteiger partial charge in [-0.2, -0.15) is 0 Å². The monoisotopic (exact) mass is 229 g/mol. The van der Waals surface area contributed by atoms with Crippen molar-refractivity contribution < 1.29 is 4.79 Å². The van der Waals surface area contributed by atoms with Crippen LogP contribution in [0.2, 0.25) is 0 Å². The van der Waals surface area contributed by atoms with E-state index in [1.165, 1.54) is 19.3 Å². The molecule has 1 amide bonds. The van der Waals surface area contributed by atoms with Crippen LogP contribution in [-0.4, -0.2) is 17.3 Å². The molecule has 3 heteroatoms. The van der Waals surface area contributed by atoms with Crippen LogP contribution in [0, 0.1) is 17.3 Å². The first-order valence-electron chi connectivity index (χ1n) is 5.79. The van der Waals surface area contributed by atoms with Gasteiger partial charge in [0.15, 0.2) is 0 Å². The molecule has 0 unspecified atom stereocenters. The second kappa shape index (κ2) is 3.38. The molecule has 0 aromatic carbocycles. The molecule has 2 bridgehead atoms. The highest BCUT2D eigenvalue weighted by molar-refractivity contribution is 6.27. The number of alkyl halides is 1. The molecule has 0 saturated heterocycles. The number of fused-ring (bicyclic) bond motifs is 2. The molecule has 3 atom stereocenters. The maximum Gasteiger partial charge on any atom is 0.235 e. The van der Waals surface area contributed by atoms with Gasteiger partial charge in [-0.1, -0.05) is 13.8 Å². The molecular formula is C12H20ClNO. The molecule has 86 valence electrons. The van der Waals surface area contributed by atoms with Gasteiger partial charge in [0.25, 0.3) is 0 Å². The quantitative estimate of drug-likeness (QED) is 0.725. The molecule has 0 heterocycles. The maximum atomic E-state index is 11.5. The summed E-state index contributed by atoms with van der Waals surface area (Å²) in [4.78, 5) is 11.5. The van der Waals surface area contributed by atoms with E-state index in [1.807, 2.05) is 0 Å². The molecule has 0 aliphatic heterocycles. The minimum Gasteiger partial charge on any atom is -0.349 e. The van der Waals surface area contributed by atoms with Crippen LogP contribution in [0.3, 0.4) is 0 Å². The van der Waals surface area contributed by atoms with Gasteiger partial charge in [-0.15, -0.1) is 11.6 Å². The van der Waals surface area contributed by atoms with E-state index in [0.717, 1.165) is 5.92 Å². The Bertz CT molecular complexity index is 289. The van der Waals surface area contributed by atoms with Crippen molar-refractivity contribution in [2.45, 2.75) is 45.6 Å². The van der Waals surface area contributed by atoms with Crippen LogP contribution in [0.5, 0.6) is 0 Å². The van der Waals surface area contributed by atoms with Gasteiger partial charge >= 0.3 is 0 Å². The third kappa shape index (κ3) is 1.41. The fourth-order valence-electron chi connectivity index (χ4n) is 3.70. The van der Waals surface area contributed by atoms with Crippen molar-refractivity contribution >= 4 is 17.5 Å². The summed E-state index contributed by atoms with van der Waals surface area (Å²) >= 11 is 5.58. The summed E-state index contributed by atoms with van der Waals surface area (Å²) in [5.74, 6) is 1.45. The lowest BCUT2D eigenvalue weighted by Crippen LogP contribution is -2.59. The summed E-state index contributed by atoms with van der Waals surface area (Å²) in [5.41, 5.74) is 0.152. The zero-order valence-electron chi connectivity index (χ0n) is 9.77. The van der Waals surface area contributed by atoms with E-state index in [-0.39, 0.29) is 22.7 Å². The van der Waals surface area contributed by atoms with E-state index in [0.29, 0.717) is 5.92 Å². The molecule has 2 aliphatic carbocycles. The fourth-order valence-corrected chi connectivity index (χ4v) is 3.76. The summed E-state index contributed by atoms with van der Waals surface area (Å²) in [6, 6.07) is 0. The van der Waals surface area contributed by atoms with Gasteiger partial charge in [0.1, 0.15) is 5.88 Å². The Kier molecular flexibility index (Phi) is 2.53. The third-order valence-electron chi connectivity index (χ3n) is 5.13. The number of hydrogen-bond donors (Lipinski definition) is 1. The molecule has 2 fully saturated rings. The van der Waals surface area contributed by atoms with Crippen LogP contribution in [-0.2, 0) is 4.79 Å². The minimum absolute atomic E-state index is 0.0280. The number of carbonyl (C=O) groups is 1. The molecule has 0 spiro atoms. The van der Waals surface area contributed by atoms with Gasteiger partial charge in [0.2, 0.25) is 5.91 Å². The van der Waals surface area contributed by atoms with E-state index in [1.54, 1.807) is 0 Å². The smallest absolute Gasteiger partial charge is 0.235 e. The lowest BCUT2D eigenvalue weighted by atomic mass is 9.64. The largest absolute Gasteiger partial charge is 0.349 e. The van der Waals surface area contributed by atoms with Gasteiger partial charge in [-0.25, -0.2) is 0 Å². The fraction of sp³-hybridized carbons (Fsp3) is 0.917. The SMILES string of the molecule is CC1(C)[C@@H]2CC[C@@H](C2)[C@]1(C)NC(=O)CCl. The molecule has 2 saturated carbocycles. The van der Waals surface area contributed by atoms with Crippen molar-refractivity contribution in [2.75, 3.05) is 5.88 Å². The summed E-state index contributed by atoms with van der Waals surface area (Å²) in [5, 5.41) is 3.16. The molecule has 0 aromatic heterocycles. The van der Waals surface area contributed by atoms with E-state index in [2.05, 4.69) is 26.1 Å². The number of rotatable bonds is 2. The standard InChI is InChI=1S/C12H20ClNO/c1-11(2)8-4-5-9(6-8)12(11,3)14-10(15)7-13/h8-9H,4-7H2,1-3H3,(H,14,15)/t8-,9+,12+/m1/s1. The van der Waals surface area contributed by atoms with Crippen molar-refractivity contribution in [1.29, 1.82) is 0 Å². The average Bonchev–Trinajstić information content (AvgIpc) is 2.70. The van der Waals surface area contributed by atoms with Gasteiger partial charge in [-0.05, 0) is 43.4 Å². The first-order chi connectivity index (χ1) is 6.91. The molecule has 0 radical (unpaired) electrons. The van der Waals surface area contributed by atoms with Crippen molar-refractivity contribution in [1.82, 2.24) is 5.32 Å². The highest BCUT2D eigenvalue weighted by Crippen LogP contribution is 2.61. The first kappa shape index (κ1) is 11.3. The second-order valence-electron chi connectivity index (χ2n) is 5.81. The zero-order chi connectivity index (χ0) is 11.3. The Morgan fingerprint density at radius 2 is 1.93 bits per heavy atom. The van der Waals surface area contributed by atoms with Crippen molar-refractivity contribution in [2.24, 2.45) is 17.3 Å². The normalized spacial score (nSPS) is 41.9. The molecule has 1 N–H and O–H groups in total. The summed E-state index contributed by atoms with van der Waals surface area (Å²) in [6.07, 6.45) is 3.85. The van der Waals surface area contributed by atoms with E-state index in [4.69, 9.17) is 11.6 Å². The number of nitrogens with one attached hydrogen (secondary N) is 1. The van der Waals surface area contributed by atoms with Crippen LogP contribution < -0.4 is 5.32 Å². The summed E-state index contributed by atoms with van der Waals surface area (Å²) < 4.78 is 0. The van der Waals surface area contributed by atoms with Crippen LogP contribution in [0.4, 0.5) is 0 Å². The number of amides is 1. The van der Waals surface area contributed by atoms with Crippen molar-refractivity contribution in [3.05, 3.63) is 0 Å². The Morgan fingerprint density at radius 1 is 1.33 bits per heavy atom. The van der Waals surface area contributed by atoms with Crippen molar-refractivity contribution in [3.63, 3.8) is 0 Å². The van der Waals surface area contributed by atoms with Crippen molar-refractivity contribution in [3.8, 4) is 0 Å². The Hall–Kier alpha value is -0.240. The van der Waals surface area contributed by atoms with E-state index < -0.39 is 0 Å².